The van der Waals surface area contributed by atoms with Crippen LogP contribution in [0.1, 0.15) is 64.3 Å². The van der Waals surface area contributed by atoms with Gasteiger partial charge in [0.2, 0.25) is 11.8 Å². The number of nitrogens with one attached hydrogen (secondary N) is 3. The number of cyclic esters (lactones) is 1. The average Bonchev–Trinajstić information content (AvgIpc) is 3.54. The first kappa shape index (κ1) is 30.8. The molecule has 5 bridgehead atoms. The van der Waals surface area contributed by atoms with Crippen molar-refractivity contribution in [1.82, 2.24) is 41.0 Å². The van der Waals surface area contributed by atoms with Crippen LogP contribution < -0.4 is 16.1 Å². The van der Waals surface area contributed by atoms with Crippen LogP contribution in [0.4, 0.5) is 0 Å². The third-order valence-electron chi connectivity index (χ3n) is 7.99. The summed E-state index contributed by atoms with van der Waals surface area (Å²) in [7, 11) is 0. The number of pyridine rings is 1. The number of aromatic nitrogens is 4. The summed E-state index contributed by atoms with van der Waals surface area (Å²) >= 11 is 0. The van der Waals surface area contributed by atoms with Crippen molar-refractivity contribution in [2.45, 2.75) is 77.7 Å². The van der Waals surface area contributed by atoms with E-state index in [0.717, 1.165) is 16.3 Å². The van der Waals surface area contributed by atoms with E-state index >= 15 is 0 Å². The van der Waals surface area contributed by atoms with Crippen LogP contribution in [0, 0.1) is 5.41 Å². The second-order valence-electron chi connectivity index (χ2n) is 11.9. The number of aryl methyl sites for hydroxylation is 1. The lowest BCUT2D eigenvalue weighted by Crippen LogP contribution is -2.60. The van der Waals surface area contributed by atoms with Gasteiger partial charge in [-0.15, -0.1) is 5.10 Å². The SMILES string of the molecule is C[C@@H]1NC(=O)[C@H](CCn2ccnn2)NC(=O)C(C)(C)/C=C/c2cc3cc(ccc3cn2)[C@@H](C)OC(=O)[C@@H]2CCCN(N2)C1=O. The molecule has 0 radical (unpaired) electrons. The molecule has 4 atom stereocenters. The molecule has 1 aromatic carbocycles. The second-order valence-corrected chi connectivity index (χ2v) is 11.9. The number of nitrogens with zero attached hydrogens (tertiary/aromatic N) is 5. The van der Waals surface area contributed by atoms with Gasteiger partial charge >= 0.3 is 5.97 Å². The van der Waals surface area contributed by atoms with E-state index in [1.54, 1.807) is 56.9 Å². The van der Waals surface area contributed by atoms with Gasteiger partial charge in [0.1, 0.15) is 24.2 Å². The molecule has 1 saturated heterocycles. The first-order valence-electron chi connectivity index (χ1n) is 14.8. The highest BCUT2D eigenvalue weighted by molar-refractivity contribution is 5.94. The van der Waals surface area contributed by atoms with Crippen LogP contribution in [-0.2, 0) is 30.5 Å². The molecule has 13 nitrogen and oxygen atoms in total. The van der Waals surface area contributed by atoms with Crippen molar-refractivity contribution in [3.63, 3.8) is 0 Å². The van der Waals surface area contributed by atoms with Crippen LogP contribution in [-0.4, -0.2) is 73.3 Å². The molecule has 0 unspecified atom stereocenters. The molecule has 0 saturated carbocycles. The summed E-state index contributed by atoms with van der Waals surface area (Å²) in [5, 5.41) is 16.5. The second kappa shape index (κ2) is 12.9. The number of hydrazine groups is 1. The molecule has 3 amide bonds. The van der Waals surface area contributed by atoms with Crippen molar-refractivity contribution in [3.05, 3.63) is 60.2 Å². The van der Waals surface area contributed by atoms with E-state index in [1.807, 2.05) is 24.3 Å². The van der Waals surface area contributed by atoms with Crippen molar-refractivity contribution in [3.8, 4) is 0 Å². The molecule has 1 fully saturated rings. The Kier molecular flexibility index (Phi) is 9.04. The number of ether oxygens (including phenoxy) is 1. The maximum Gasteiger partial charge on any atom is 0.325 e. The van der Waals surface area contributed by atoms with Gasteiger partial charge in [-0.1, -0.05) is 23.4 Å². The van der Waals surface area contributed by atoms with Crippen molar-refractivity contribution < 1.29 is 23.9 Å². The van der Waals surface area contributed by atoms with E-state index in [1.165, 1.54) is 11.2 Å². The molecule has 0 spiro atoms. The maximum absolute atomic E-state index is 13.5. The smallest absolute Gasteiger partial charge is 0.325 e. The normalized spacial score (nSPS) is 25.7. The van der Waals surface area contributed by atoms with Crippen molar-refractivity contribution in [1.29, 1.82) is 0 Å². The number of carbonyl (C=O) groups is 4. The maximum atomic E-state index is 13.5. The largest absolute Gasteiger partial charge is 0.457 e. The molecular formula is C31H38N8O5. The standard InChI is InChI=1S/C31H38N8O5/c1-19-28(41)39-13-5-6-26(36-39)29(42)44-20(2)21-7-8-22-18-32-24(17-23(22)16-21)9-11-31(3,4)30(43)35-25(27(40)34-19)10-14-38-15-12-33-37-38/h7-9,11-12,15-20,25-26,36H,5-6,10,13-14H2,1-4H3,(H,34,40)(H,35,43)/b11-9+/t19-,20+,25-,26-/m0/s1. The minimum Gasteiger partial charge on any atom is -0.457 e. The Balaban J connectivity index is 1.47. The van der Waals surface area contributed by atoms with Crippen LogP contribution in [0.3, 0.4) is 0 Å². The minimum absolute atomic E-state index is 0.213. The summed E-state index contributed by atoms with van der Waals surface area (Å²) in [5.74, 6) is -1.76. The number of fused-ring (bicyclic) bond motifs is 4. The molecule has 2 aliphatic rings. The molecule has 0 aliphatic carbocycles. The number of hydrogen-bond acceptors (Lipinski definition) is 9. The zero-order valence-corrected chi connectivity index (χ0v) is 25.3. The Morgan fingerprint density at radius 3 is 2.66 bits per heavy atom. The van der Waals surface area contributed by atoms with Gasteiger partial charge in [-0.3, -0.25) is 33.9 Å². The highest BCUT2D eigenvalue weighted by Gasteiger charge is 2.34. The van der Waals surface area contributed by atoms with Gasteiger partial charge in [-0.25, -0.2) is 5.43 Å². The van der Waals surface area contributed by atoms with Crippen molar-refractivity contribution >= 4 is 40.5 Å². The number of hydrogen-bond donors (Lipinski definition) is 3. The van der Waals surface area contributed by atoms with E-state index in [2.05, 4.69) is 31.4 Å². The quantitative estimate of drug-likeness (QED) is 0.381. The first-order chi connectivity index (χ1) is 21.0. The van der Waals surface area contributed by atoms with Crippen LogP contribution in [0.5, 0.6) is 0 Å². The van der Waals surface area contributed by atoms with Crippen LogP contribution in [0.2, 0.25) is 0 Å². The molecular weight excluding hydrogens is 564 g/mol. The molecule has 3 N–H and O–H groups in total. The van der Waals surface area contributed by atoms with Crippen molar-refractivity contribution in [2.75, 3.05) is 6.54 Å². The fraction of sp³-hybridized carbons (Fsp3) is 0.452. The van der Waals surface area contributed by atoms with E-state index in [-0.39, 0.29) is 12.3 Å². The number of esters is 1. The third-order valence-corrected chi connectivity index (χ3v) is 7.99. The summed E-state index contributed by atoms with van der Waals surface area (Å²) in [5.41, 5.74) is 3.45. The third kappa shape index (κ3) is 7.10. The molecule has 3 aromatic rings. The Morgan fingerprint density at radius 2 is 1.89 bits per heavy atom. The fourth-order valence-electron chi connectivity index (χ4n) is 5.17. The Morgan fingerprint density at radius 1 is 1.07 bits per heavy atom. The summed E-state index contributed by atoms with van der Waals surface area (Å²) in [6, 6.07) is 5.07. The Hall–Kier alpha value is -4.65. The van der Waals surface area contributed by atoms with Crippen LogP contribution in [0.15, 0.2) is 48.9 Å². The predicted molar refractivity (Wildman–Crippen MR) is 161 cm³/mol. The van der Waals surface area contributed by atoms with Gasteiger partial charge < -0.3 is 15.4 Å². The number of benzene rings is 1. The lowest BCUT2D eigenvalue weighted by molar-refractivity contribution is -0.157. The van der Waals surface area contributed by atoms with E-state index in [0.29, 0.717) is 31.6 Å². The predicted octanol–water partition coefficient (Wildman–Crippen LogP) is 2.06. The fourth-order valence-corrected chi connectivity index (χ4v) is 5.17. The summed E-state index contributed by atoms with van der Waals surface area (Å²) in [4.78, 5) is 58.0. The van der Waals surface area contributed by atoms with Gasteiger partial charge in [0.05, 0.1) is 17.3 Å². The topological polar surface area (TPSA) is 160 Å². The van der Waals surface area contributed by atoms with Gasteiger partial charge in [-0.2, -0.15) is 0 Å². The Labute approximate surface area is 255 Å². The summed E-state index contributed by atoms with van der Waals surface area (Å²) in [6.45, 7) is 7.56. The van der Waals surface area contributed by atoms with Crippen LogP contribution >= 0.6 is 0 Å². The molecule has 2 aromatic heterocycles. The van der Waals surface area contributed by atoms with Crippen LogP contribution in [0.25, 0.3) is 16.8 Å². The van der Waals surface area contributed by atoms with Gasteiger partial charge in [-0.05, 0) is 76.1 Å². The van der Waals surface area contributed by atoms with Gasteiger partial charge in [0, 0.05) is 30.9 Å². The monoisotopic (exact) mass is 602 g/mol. The zero-order valence-electron chi connectivity index (χ0n) is 25.3. The van der Waals surface area contributed by atoms with E-state index in [4.69, 9.17) is 4.74 Å². The average molecular weight is 603 g/mol. The number of amides is 3. The summed E-state index contributed by atoms with van der Waals surface area (Å²) in [6.07, 6.45) is 9.21. The first-order valence-corrected chi connectivity index (χ1v) is 14.8. The lowest BCUT2D eigenvalue weighted by Gasteiger charge is -2.35. The van der Waals surface area contributed by atoms with Gasteiger partial charge in [0.15, 0.2) is 0 Å². The number of rotatable bonds is 3. The molecule has 2 aliphatic heterocycles. The van der Waals surface area contributed by atoms with Crippen molar-refractivity contribution in [2.24, 2.45) is 5.41 Å². The minimum atomic E-state index is -1.00. The molecule has 5 rings (SSSR count). The highest BCUT2D eigenvalue weighted by Crippen LogP contribution is 2.26. The molecule has 4 heterocycles. The van der Waals surface area contributed by atoms with Gasteiger partial charge in [0.25, 0.3) is 5.91 Å². The zero-order chi connectivity index (χ0) is 31.4. The summed E-state index contributed by atoms with van der Waals surface area (Å²) < 4.78 is 7.38. The molecule has 44 heavy (non-hydrogen) atoms. The van der Waals surface area contributed by atoms with E-state index < -0.39 is 47.4 Å². The number of carbonyl (C=O) groups excluding carboxylic acids is 4. The highest BCUT2D eigenvalue weighted by atomic mass is 16.5. The Bertz CT molecular complexity index is 1570. The lowest BCUT2D eigenvalue weighted by atomic mass is 9.90. The van der Waals surface area contributed by atoms with E-state index in [9.17, 15) is 19.2 Å². The molecule has 13 heteroatoms. The molecule has 232 valence electrons.